The van der Waals surface area contributed by atoms with Gasteiger partial charge in [-0.2, -0.15) is 11.3 Å². The molecule has 1 aromatic carbocycles. The first kappa shape index (κ1) is 14.3. The third-order valence-electron chi connectivity index (χ3n) is 2.69. The molecule has 0 atom stereocenters. The summed E-state index contributed by atoms with van der Waals surface area (Å²) in [6, 6.07) is 4.26. The Labute approximate surface area is 121 Å². The van der Waals surface area contributed by atoms with E-state index in [2.05, 4.69) is 4.72 Å². The number of hydrogen-bond donors (Lipinski definition) is 2. The van der Waals surface area contributed by atoms with Crippen molar-refractivity contribution in [2.24, 2.45) is 0 Å². The van der Waals surface area contributed by atoms with Crippen LogP contribution in [0.3, 0.4) is 0 Å². The molecule has 7 heteroatoms. The quantitative estimate of drug-likeness (QED) is 0.852. The number of anilines is 1. The van der Waals surface area contributed by atoms with Gasteiger partial charge in [0.2, 0.25) is 10.0 Å². The molecule has 2 aromatic rings. The van der Waals surface area contributed by atoms with E-state index in [1.165, 1.54) is 18.2 Å². The van der Waals surface area contributed by atoms with Gasteiger partial charge in [-0.05, 0) is 47.0 Å². The summed E-state index contributed by atoms with van der Waals surface area (Å²) in [7, 11) is -3.58. The van der Waals surface area contributed by atoms with E-state index in [0.29, 0.717) is 5.02 Å². The number of nitrogens with one attached hydrogen (secondary N) is 1. The summed E-state index contributed by atoms with van der Waals surface area (Å²) in [6.07, 6.45) is 0. The van der Waals surface area contributed by atoms with Gasteiger partial charge in [0.15, 0.2) is 0 Å². The Morgan fingerprint density at radius 1 is 1.37 bits per heavy atom. The Bertz CT molecular complexity index is 696. The van der Waals surface area contributed by atoms with Crippen LogP contribution < -0.4 is 10.5 Å². The highest BCUT2D eigenvalue weighted by Gasteiger charge is 2.15. The Balaban J connectivity index is 2.18. The normalized spacial score (nSPS) is 11.7. The third kappa shape index (κ3) is 3.27. The van der Waals surface area contributed by atoms with Crippen molar-refractivity contribution in [3.8, 4) is 0 Å². The topological polar surface area (TPSA) is 72.2 Å². The van der Waals surface area contributed by atoms with E-state index in [0.717, 1.165) is 11.1 Å². The number of halogens is 1. The molecule has 0 aliphatic heterocycles. The van der Waals surface area contributed by atoms with Gasteiger partial charge in [0.1, 0.15) is 0 Å². The van der Waals surface area contributed by atoms with E-state index in [-0.39, 0.29) is 17.1 Å². The molecule has 0 aliphatic rings. The second-order valence-electron chi connectivity index (χ2n) is 4.09. The molecule has 1 heterocycles. The zero-order valence-corrected chi connectivity index (χ0v) is 12.6. The molecule has 0 fully saturated rings. The smallest absolute Gasteiger partial charge is 0.240 e. The van der Waals surface area contributed by atoms with Crippen molar-refractivity contribution in [3.05, 3.63) is 45.1 Å². The number of aryl methyl sites for hydroxylation is 1. The summed E-state index contributed by atoms with van der Waals surface area (Å²) in [6.45, 7) is 2.21. The summed E-state index contributed by atoms with van der Waals surface area (Å²) >= 11 is 7.32. The van der Waals surface area contributed by atoms with Crippen molar-refractivity contribution < 1.29 is 8.42 Å². The van der Waals surface area contributed by atoms with Crippen LogP contribution in [-0.2, 0) is 16.6 Å². The summed E-state index contributed by atoms with van der Waals surface area (Å²) < 4.78 is 26.7. The number of sulfonamides is 1. The van der Waals surface area contributed by atoms with Gasteiger partial charge in [-0.1, -0.05) is 11.6 Å². The van der Waals surface area contributed by atoms with Crippen LogP contribution in [0.4, 0.5) is 5.69 Å². The molecule has 0 unspecified atom stereocenters. The van der Waals surface area contributed by atoms with Crippen LogP contribution in [0.1, 0.15) is 11.1 Å². The molecule has 102 valence electrons. The molecule has 0 spiro atoms. The first-order valence-electron chi connectivity index (χ1n) is 5.46. The van der Waals surface area contributed by atoms with E-state index < -0.39 is 10.0 Å². The van der Waals surface area contributed by atoms with E-state index in [1.54, 1.807) is 11.3 Å². The number of benzene rings is 1. The van der Waals surface area contributed by atoms with Crippen molar-refractivity contribution in [2.75, 3.05) is 5.73 Å². The van der Waals surface area contributed by atoms with Gasteiger partial charge < -0.3 is 5.73 Å². The molecule has 3 N–H and O–H groups in total. The van der Waals surface area contributed by atoms with Gasteiger partial charge >= 0.3 is 0 Å². The minimum atomic E-state index is -3.58. The van der Waals surface area contributed by atoms with Gasteiger partial charge in [0.05, 0.1) is 15.6 Å². The number of rotatable bonds is 4. The van der Waals surface area contributed by atoms with E-state index in [4.69, 9.17) is 17.3 Å². The second kappa shape index (κ2) is 5.50. The maximum atomic E-state index is 12.1. The number of nitrogens with two attached hydrogens (primary N) is 1. The maximum absolute atomic E-state index is 12.1. The van der Waals surface area contributed by atoms with E-state index in [1.807, 2.05) is 17.7 Å². The van der Waals surface area contributed by atoms with Crippen LogP contribution in [0, 0.1) is 6.92 Å². The standard InChI is InChI=1S/C12H13ClN2O2S2/c1-8-6-18-7-9(8)5-15-19(16,17)10-2-3-11(13)12(14)4-10/h2-4,6-7,15H,5,14H2,1H3. The van der Waals surface area contributed by atoms with Gasteiger partial charge in [0.25, 0.3) is 0 Å². The second-order valence-corrected chi connectivity index (χ2v) is 7.01. The lowest BCUT2D eigenvalue weighted by Crippen LogP contribution is -2.23. The fourth-order valence-electron chi connectivity index (χ4n) is 1.51. The molecule has 0 bridgehead atoms. The Kier molecular flexibility index (Phi) is 4.15. The Morgan fingerprint density at radius 3 is 2.68 bits per heavy atom. The fourth-order valence-corrected chi connectivity index (χ4v) is 3.53. The molecule has 0 amide bonds. The predicted octanol–water partition coefficient (Wildman–Crippen LogP) is 2.77. The molecule has 4 nitrogen and oxygen atoms in total. The highest BCUT2D eigenvalue weighted by atomic mass is 35.5. The molecule has 19 heavy (non-hydrogen) atoms. The van der Waals surface area contributed by atoms with Crippen LogP contribution in [0.2, 0.25) is 5.02 Å². The van der Waals surface area contributed by atoms with Crippen LogP contribution in [0.15, 0.2) is 33.9 Å². The van der Waals surface area contributed by atoms with Crippen LogP contribution >= 0.6 is 22.9 Å². The molecular formula is C12H13ClN2O2S2. The van der Waals surface area contributed by atoms with Crippen molar-refractivity contribution in [1.29, 1.82) is 0 Å². The molecule has 0 saturated carbocycles. The third-order valence-corrected chi connectivity index (χ3v) is 5.35. The lowest BCUT2D eigenvalue weighted by Gasteiger charge is -2.08. The van der Waals surface area contributed by atoms with Crippen molar-refractivity contribution in [3.63, 3.8) is 0 Å². The largest absolute Gasteiger partial charge is 0.397 e. The zero-order chi connectivity index (χ0) is 14.0. The average molecular weight is 317 g/mol. The summed E-state index contributed by atoms with van der Waals surface area (Å²) in [4.78, 5) is 0.113. The fraction of sp³-hybridized carbons (Fsp3) is 0.167. The van der Waals surface area contributed by atoms with Gasteiger partial charge in [-0.25, -0.2) is 13.1 Å². The van der Waals surface area contributed by atoms with Gasteiger partial charge in [-0.15, -0.1) is 0 Å². The molecule has 0 aliphatic carbocycles. The van der Waals surface area contributed by atoms with Crippen LogP contribution in [-0.4, -0.2) is 8.42 Å². The van der Waals surface area contributed by atoms with Crippen LogP contribution in [0.25, 0.3) is 0 Å². The first-order chi connectivity index (χ1) is 8.90. The minimum Gasteiger partial charge on any atom is -0.397 e. The Morgan fingerprint density at radius 2 is 2.11 bits per heavy atom. The number of nitrogen functional groups attached to an aromatic ring is 1. The predicted molar refractivity (Wildman–Crippen MR) is 78.9 cm³/mol. The SMILES string of the molecule is Cc1cscc1CNS(=O)(=O)c1ccc(Cl)c(N)c1. The zero-order valence-electron chi connectivity index (χ0n) is 10.2. The molecule has 2 rings (SSSR count). The highest BCUT2D eigenvalue weighted by Crippen LogP contribution is 2.22. The first-order valence-corrected chi connectivity index (χ1v) is 8.27. The number of thiophene rings is 1. The van der Waals surface area contributed by atoms with Crippen molar-refractivity contribution in [2.45, 2.75) is 18.4 Å². The monoisotopic (exact) mass is 316 g/mol. The summed E-state index contributed by atoms with van der Waals surface area (Å²) in [5, 5.41) is 4.24. The van der Waals surface area contributed by atoms with Gasteiger partial charge in [0, 0.05) is 6.54 Å². The summed E-state index contributed by atoms with van der Waals surface area (Å²) in [5.41, 5.74) is 7.90. The Hall–Kier alpha value is -1.08. The summed E-state index contributed by atoms with van der Waals surface area (Å²) in [5.74, 6) is 0. The molecule has 0 radical (unpaired) electrons. The number of hydrogen-bond acceptors (Lipinski definition) is 4. The minimum absolute atomic E-state index is 0.113. The lowest BCUT2D eigenvalue weighted by atomic mass is 10.2. The maximum Gasteiger partial charge on any atom is 0.240 e. The van der Waals surface area contributed by atoms with Gasteiger partial charge in [-0.3, -0.25) is 0 Å². The van der Waals surface area contributed by atoms with Crippen molar-refractivity contribution >= 4 is 38.6 Å². The molecular weight excluding hydrogens is 304 g/mol. The molecule has 1 aromatic heterocycles. The highest BCUT2D eigenvalue weighted by molar-refractivity contribution is 7.89. The van der Waals surface area contributed by atoms with E-state index in [9.17, 15) is 8.42 Å². The van der Waals surface area contributed by atoms with E-state index >= 15 is 0 Å². The lowest BCUT2D eigenvalue weighted by molar-refractivity contribution is 0.581. The average Bonchev–Trinajstić information content (AvgIpc) is 2.76. The van der Waals surface area contributed by atoms with Crippen LogP contribution in [0.5, 0.6) is 0 Å². The van der Waals surface area contributed by atoms with Crippen molar-refractivity contribution in [1.82, 2.24) is 4.72 Å². The molecule has 0 saturated heterocycles.